The fourth-order valence-electron chi connectivity index (χ4n) is 2.13. The maximum absolute atomic E-state index is 13.2. The Morgan fingerprint density at radius 3 is 2.86 bits per heavy atom. The van der Waals surface area contributed by atoms with Crippen LogP contribution in [-0.2, 0) is 9.63 Å². The predicted octanol–water partition coefficient (Wildman–Crippen LogP) is 3.56. The van der Waals surface area contributed by atoms with Crippen LogP contribution in [0.4, 0.5) is 10.1 Å². The van der Waals surface area contributed by atoms with Gasteiger partial charge in [-0.05, 0) is 46.9 Å². The van der Waals surface area contributed by atoms with Gasteiger partial charge in [0.1, 0.15) is 5.82 Å². The zero-order valence-corrected chi connectivity index (χ0v) is 13.6. The lowest BCUT2D eigenvalue weighted by Crippen LogP contribution is -2.28. The van der Waals surface area contributed by atoms with E-state index in [9.17, 15) is 9.18 Å². The van der Waals surface area contributed by atoms with Crippen LogP contribution in [0.1, 0.15) is 12.0 Å². The molecule has 0 bridgehead atoms. The summed E-state index contributed by atoms with van der Waals surface area (Å²) < 4.78 is 14.2. The molecule has 1 atom stereocenters. The first-order valence-electron chi connectivity index (χ1n) is 6.67. The van der Waals surface area contributed by atoms with E-state index in [1.165, 1.54) is 12.1 Å². The predicted molar refractivity (Wildman–Crippen MR) is 90.2 cm³/mol. The van der Waals surface area contributed by atoms with Gasteiger partial charge in [0.25, 0.3) is 5.91 Å². The Kier molecular flexibility index (Phi) is 4.37. The largest absolute Gasteiger partial charge is 0.382 e. The number of carbonyl (C=O) groups is 1. The van der Waals surface area contributed by atoms with Crippen molar-refractivity contribution in [1.82, 2.24) is 0 Å². The molecule has 112 valence electrons. The van der Waals surface area contributed by atoms with Gasteiger partial charge >= 0.3 is 0 Å². The van der Waals surface area contributed by atoms with Crippen molar-refractivity contribution in [3.8, 4) is 0 Å². The van der Waals surface area contributed by atoms with E-state index in [4.69, 9.17) is 4.84 Å². The van der Waals surface area contributed by atoms with Crippen LogP contribution >= 0.6 is 22.6 Å². The fraction of sp³-hybridized carbons (Fsp3) is 0.125. The Balaban J connectivity index is 1.67. The Bertz CT molecular complexity index is 748. The van der Waals surface area contributed by atoms with Crippen LogP contribution in [0.25, 0.3) is 0 Å². The highest BCUT2D eigenvalue weighted by Crippen LogP contribution is 2.21. The number of halogens is 2. The third-order valence-electron chi connectivity index (χ3n) is 3.25. The monoisotopic (exact) mass is 410 g/mol. The molecule has 6 heteroatoms. The lowest BCUT2D eigenvalue weighted by Gasteiger charge is -2.10. The van der Waals surface area contributed by atoms with Crippen molar-refractivity contribution in [2.45, 2.75) is 12.5 Å². The minimum atomic E-state index is -0.700. The number of hydrogen-bond donors (Lipinski definition) is 1. The topological polar surface area (TPSA) is 50.7 Å². The quantitative estimate of drug-likeness (QED) is 0.787. The van der Waals surface area contributed by atoms with Crippen LogP contribution in [0.3, 0.4) is 0 Å². The number of amides is 1. The van der Waals surface area contributed by atoms with E-state index in [1.807, 2.05) is 24.3 Å². The molecular weight excluding hydrogens is 398 g/mol. The highest BCUT2D eigenvalue weighted by atomic mass is 127. The highest BCUT2D eigenvalue weighted by molar-refractivity contribution is 14.1. The number of rotatable bonds is 3. The molecule has 1 unspecified atom stereocenters. The summed E-state index contributed by atoms with van der Waals surface area (Å²) in [6.07, 6.45) is -0.382. The van der Waals surface area contributed by atoms with Gasteiger partial charge in [-0.25, -0.2) is 4.39 Å². The third-order valence-corrected chi connectivity index (χ3v) is 4.19. The number of nitrogens with one attached hydrogen (secondary N) is 1. The van der Waals surface area contributed by atoms with E-state index in [0.717, 1.165) is 9.26 Å². The fourth-order valence-corrected chi connectivity index (χ4v) is 2.65. The van der Waals surface area contributed by atoms with Crippen LogP contribution in [0.15, 0.2) is 53.7 Å². The Morgan fingerprint density at radius 1 is 1.27 bits per heavy atom. The van der Waals surface area contributed by atoms with Gasteiger partial charge in [-0.1, -0.05) is 29.4 Å². The van der Waals surface area contributed by atoms with Crippen molar-refractivity contribution in [1.29, 1.82) is 0 Å². The zero-order chi connectivity index (χ0) is 15.5. The molecule has 4 nitrogen and oxygen atoms in total. The maximum atomic E-state index is 13.2. The molecule has 3 rings (SSSR count). The third kappa shape index (κ3) is 3.27. The molecule has 0 radical (unpaired) electrons. The minimum absolute atomic E-state index is 0.265. The van der Waals surface area contributed by atoms with E-state index >= 15 is 0 Å². The summed E-state index contributed by atoms with van der Waals surface area (Å²) in [7, 11) is 0. The summed E-state index contributed by atoms with van der Waals surface area (Å²) in [6.45, 7) is 0. The van der Waals surface area contributed by atoms with Gasteiger partial charge in [-0.3, -0.25) is 4.79 Å². The van der Waals surface area contributed by atoms with Gasteiger partial charge < -0.3 is 10.2 Å². The molecule has 22 heavy (non-hydrogen) atoms. The number of benzene rings is 2. The van der Waals surface area contributed by atoms with Crippen molar-refractivity contribution in [3.05, 3.63) is 63.5 Å². The van der Waals surface area contributed by atoms with Crippen molar-refractivity contribution in [2.75, 3.05) is 5.32 Å². The van der Waals surface area contributed by atoms with Gasteiger partial charge in [0.2, 0.25) is 6.10 Å². The summed E-state index contributed by atoms with van der Waals surface area (Å²) in [6, 6.07) is 13.6. The second-order valence-electron chi connectivity index (χ2n) is 4.82. The standard InChI is InChI=1S/C16H12FIN2O2/c17-11-5-3-4-10(8-11)14-9-15(22-20-14)16(21)19-13-7-2-1-6-12(13)18/h1-8,15H,9H2,(H,19,21). The maximum Gasteiger partial charge on any atom is 0.268 e. The van der Waals surface area contributed by atoms with Crippen molar-refractivity contribution < 1.29 is 14.0 Å². The molecule has 2 aromatic rings. The Labute approximate surface area is 140 Å². The van der Waals surface area contributed by atoms with Crippen molar-refractivity contribution in [3.63, 3.8) is 0 Å². The summed E-state index contributed by atoms with van der Waals surface area (Å²) in [4.78, 5) is 17.4. The molecule has 0 aromatic heterocycles. The lowest BCUT2D eigenvalue weighted by molar-refractivity contribution is -0.125. The number of hydrogen-bond acceptors (Lipinski definition) is 3. The smallest absolute Gasteiger partial charge is 0.268 e. The molecule has 1 heterocycles. The molecule has 0 saturated carbocycles. The number of oxime groups is 1. The average Bonchev–Trinajstić information content (AvgIpc) is 2.99. The van der Waals surface area contributed by atoms with E-state index in [1.54, 1.807) is 12.1 Å². The molecule has 0 saturated heterocycles. The average molecular weight is 410 g/mol. The normalized spacial score (nSPS) is 16.8. The zero-order valence-electron chi connectivity index (χ0n) is 11.4. The summed E-state index contributed by atoms with van der Waals surface area (Å²) in [5, 5.41) is 6.72. The van der Waals surface area contributed by atoms with Gasteiger partial charge in [0, 0.05) is 15.6 Å². The first-order chi connectivity index (χ1) is 10.6. The van der Waals surface area contributed by atoms with E-state index < -0.39 is 6.10 Å². The van der Waals surface area contributed by atoms with Crippen molar-refractivity contribution >= 4 is 39.9 Å². The molecule has 0 fully saturated rings. The van der Waals surface area contributed by atoms with Crippen molar-refractivity contribution in [2.24, 2.45) is 5.16 Å². The number of carbonyl (C=O) groups excluding carboxylic acids is 1. The molecule has 1 N–H and O–H groups in total. The molecule has 1 aliphatic rings. The number of nitrogens with zero attached hydrogens (tertiary/aromatic N) is 1. The minimum Gasteiger partial charge on any atom is -0.382 e. The lowest BCUT2D eigenvalue weighted by atomic mass is 10.0. The SMILES string of the molecule is O=C(Nc1ccccc1I)C1CC(c2cccc(F)c2)=NO1. The van der Waals surface area contributed by atoms with Gasteiger partial charge in [0.15, 0.2) is 0 Å². The van der Waals surface area contributed by atoms with Crippen LogP contribution in [-0.4, -0.2) is 17.7 Å². The van der Waals surface area contributed by atoms with E-state index in [2.05, 4.69) is 33.1 Å². The van der Waals surface area contributed by atoms with Crippen LogP contribution < -0.4 is 5.32 Å². The molecule has 0 aliphatic carbocycles. The summed E-state index contributed by atoms with van der Waals surface area (Å²) in [5.41, 5.74) is 1.93. The Hall–Kier alpha value is -1.96. The van der Waals surface area contributed by atoms with Crippen LogP contribution in [0.5, 0.6) is 0 Å². The second-order valence-corrected chi connectivity index (χ2v) is 5.98. The first-order valence-corrected chi connectivity index (χ1v) is 7.75. The van der Waals surface area contributed by atoms with Crippen LogP contribution in [0.2, 0.25) is 0 Å². The van der Waals surface area contributed by atoms with Gasteiger partial charge in [-0.2, -0.15) is 0 Å². The van der Waals surface area contributed by atoms with E-state index in [-0.39, 0.29) is 11.7 Å². The van der Waals surface area contributed by atoms with Gasteiger partial charge in [0.05, 0.1) is 11.4 Å². The summed E-state index contributed by atoms with van der Waals surface area (Å²) >= 11 is 2.15. The molecule has 2 aromatic carbocycles. The van der Waals surface area contributed by atoms with Gasteiger partial charge in [-0.15, -0.1) is 0 Å². The molecular formula is C16H12FIN2O2. The molecule has 1 amide bonds. The molecule has 1 aliphatic heterocycles. The Morgan fingerprint density at radius 2 is 2.09 bits per heavy atom. The molecule has 0 spiro atoms. The number of para-hydroxylation sites is 1. The van der Waals surface area contributed by atoms with Crippen LogP contribution in [0, 0.1) is 9.39 Å². The summed E-state index contributed by atoms with van der Waals surface area (Å²) in [5.74, 6) is -0.605. The highest BCUT2D eigenvalue weighted by Gasteiger charge is 2.29. The first kappa shape index (κ1) is 15.0. The number of anilines is 1. The second kappa shape index (κ2) is 6.43. The van der Waals surface area contributed by atoms with E-state index in [0.29, 0.717) is 17.7 Å².